The van der Waals surface area contributed by atoms with Crippen LogP contribution in [0.3, 0.4) is 0 Å². The lowest BCUT2D eigenvalue weighted by Gasteiger charge is -2.18. The van der Waals surface area contributed by atoms with Gasteiger partial charge in [0.15, 0.2) is 5.82 Å². The van der Waals surface area contributed by atoms with Crippen LogP contribution in [-0.4, -0.2) is 52.2 Å². The lowest BCUT2D eigenvalue weighted by atomic mass is 10.0. The van der Waals surface area contributed by atoms with Gasteiger partial charge in [-0.25, -0.2) is 0 Å². The van der Waals surface area contributed by atoms with Gasteiger partial charge in [0, 0.05) is 55.7 Å². The molecule has 7 nitrogen and oxygen atoms in total. The maximum absolute atomic E-state index is 12.8. The van der Waals surface area contributed by atoms with E-state index in [4.69, 9.17) is 9.26 Å². The van der Waals surface area contributed by atoms with E-state index in [1.54, 1.807) is 0 Å². The Balaban J connectivity index is 1.17. The second kappa shape index (κ2) is 7.99. The van der Waals surface area contributed by atoms with Crippen molar-refractivity contribution in [1.82, 2.24) is 20.0 Å². The Hall–Kier alpha value is -2.67. The molecule has 0 bridgehead atoms. The molecule has 1 unspecified atom stereocenters. The van der Waals surface area contributed by atoms with Crippen molar-refractivity contribution in [2.24, 2.45) is 5.92 Å². The molecular formula is C22H26N4O3. The van der Waals surface area contributed by atoms with Crippen molar-refractivity contribution < 1.29 is 14.1 Å². The average Bonchev–Trinajstić information content (AvgIpc) is 3.50. The number of benzene rings is 1. The summed E-state index contributed by atoms with van der Waals surface area (Å²) >= 11 is 0. The number of hydrogen-bond acceptors (Lipinski definition) is 5. The minimum atomic E-state index is 0.188. The summed E-state index contributed by atoms with van der Waals surface area (Å²) in [6, 6.07) is 8.11. The number of amides is 1. The van der Waals surface area contributed by atoms with Crippen LogP contribution in [0.1, 0.15) is 42.5 Å². The van der Waals surface area contributed by atoms with E-state index in [1.807, 2.05) is 29.3 Å². The third-order valence-electron chi connectivity index (χ3n) is 6.18. The van der Waals surface area contributed by atoms with Gasteiger partial charge in [-0.3, -0.25) is 4.79 Å². The normalized spacial score (nSPS) is 20.6. The van der Waals surface area contributed by atoms with Crippen molar-refractivity contribution in [3.63, 3.8) is 0 Å². The maximum atomic E-state index is 12.8. The summed E-state index contributed by atoms with van der Waals surface area (Å²) in [7, 11) is 0. The predicted molar refractivity (Wildman–Crippen MR) is 107 cm³/mol. The van der Waals surface area contributed by atoms with Crippen LogP contribution < -0.4 is 0 Å². The van der Waals surface area contributed by atoms with Gasteiger partial charge in [0.2, 0.25) is 11.8 Å². The molecule has 5 rings (SSSR count). The number of H-pyrrole nitrogens is 1. The van der Waals surface area contributed by atoms with Crippen molar-refractivity contribution in [1.29, 1.82) is 0 Å². The number of aromatic nitrogens is 3. The molecule has 0 saturated carbocycles. The molecule has 2 aliphatic heterocycles. The number of ether oxygens (including phenoxy) is 1. The molecular weight excluding hydrogens is 368 g/mol. The summed E-state index contributed by atoms with van der Waals surface area (Å²) in [5.41, 5.74) is 2.14. The first-order chi connectivity index (χ1) is 14.3. The van der Waals surface area contributed by atoms with Crippen LogP contribution in [0.25, 0.3) is 10.9 Å². The quantitative estimate of drug-likeness (QED) is 0.719. The fraction of sp³-hybridized carbons (Fsp3) is 0.500. The molecule has 1 aromatic carbocycles. The average molecular weight is 394 g/mol. The van der Waals surface area contributed by atoms with Gasteiger partial charge in [-0.15, -0.1) is 0 Å². The molecule has 4 heterocycles. The lowest BCUT2D eigenvalue weighted by molar-refractivity contribution is -0.129. The number of nitrogens with one attached hydrogen (secondary N) is 1. The van der Waals surface area contributed by atoms with Crippen LogP contribution >= 0.6 is 0 Å². The summed E-state index contributed by atoms with van der Waals surface area (Å²) in [4.78, 5) is 22.7. The Labute approximate surface area is 169 Å². The molecule has 2 saturated heterocycles. The van der Waals surface area contributed by atoms with E-state index in [2.05, 4.69) is 21.2 Å². The number of para-hydroxylation sites is 1. The molecule has 0 spiro atoms. The molecule has 152 valence electrons. The zero-order valence-electron chi connectivity index (χ0n) is 16.5. The Morgan fingerprint density at radius 2 is 2.07 bits per heavy atom. The van der Waals surface area contributed by atoms with Crippen molar-refractivity contribution in [2.45, 2.75) is 38.0 Å². The van der Waals surface area contributed by atoms with E-state index >= 15 is 0 Å². The van der Waals surface area contributed by atoms with Crippen molar-refractivity contribution in [3.05, 3.63) is 47.7 Å². The molecule has 0 radical (unpaired) electrons. The van der Waals surface area contributed by atoms with Crippen LogP contribution in [-0.2, 0) is 22.4 Å². The second-order valence-electron chi connectivity index (χ2n) is 8.17. The summed E-state index contributed by atoms with van der Waals surface area (Å²) in [6.45, 7) is 3.09. The second-order valence-corrected chi connectivity index (χ2v) is 8.17. The van der Waals surface area contributed by atoms with Gasteiger partial charge in [-0.2, -0.15) is 4.98 Å². The third-order valence-corrected chi connectivity index (χ3v) is 6.18. The first-order valence-electron chi connectivity index (χ1n) is 10.5. The van der Waals surface area contributed by atoms with Crippen LogP contribution in [0.15, 0.2) is 35.0 Å². The fourth-order valence-electron chi connectivity index (χ4n) is 4.50. The Kier molecular flexibility index (Phi) is 5.06. The Bertz CT molecular complexity index is 989. The van der Waals surface area contributed by atoms with E-state index in [-0.39, 0.29) is 5.91 Å². The number of nitrogens with zero attached hydrogens (tertiary/aromatic N) is 3. The molecule has 29 heavy (non-hydrogen) atoms. The van der Waals surface area contributed by atoms with Gasteiger partial charge in [0.25, 0.3) is 0 Å². The highest BCUT2D eigenvalue weighted by Crippen LogP contribution is 2.27. The maximum Gasteiger partial charge on any atom is 0.229 e. The smallest absolute Gasteiger partial charge is 0.229 e. The highest BCUT2D eigenvalue weighted by molar-refractivity contribution is 5.88. The number of hydrogen-bond donors (Lipinski definition) is 1. The van der Waals surface area contributed by atoms with E-state index in [0.717, 1.165) is 80.2 Å². The van der Waals surface area contributed by atoms with Crippen LogP contribution in [0.4, 0.5) is 0 Å². The van der Waals surface area contributed by atoms with Gasteiger partial charge in [0.05, 0.1) is 6.42 Å². The van der Waals surface area contributed by atoms with Gasteiger partial charge in [-0.1, -0.05) is 23.4 Å². The fourth-order valence-corrected chi connectivity index (χ4v) is 4.50. The highest BCUT2D eigenvalue weighted by atomic mass is 16.5. The zero-order valence-corrected chi connectivity index (χ0v) is 16.5. The standard InChI is InChI=1S/C22H26N4O3/c27-21(12-17-13-23-19-4-2-1-3-18(17)19)26-8-5-15(14-26)11-20-24-22(29-25-20)16-6-9-28-10-7-16/h1-4,13,15-16,23H,5-12,14H2. The molecule has 1 N–H and O–H groups in total. The number of rotatable bonds is 5. The van der Waals surface area contributed by atoms with Gasteiger partial charge in [0.1, 0.15) is 0 Å². The summed E-state index contributed by atoms with van der Waals surface area (Å²) in [6.07, 6.45) is 6.03. The SMILES string of the molecule is O=C(Cc1c[nH]c2ccccc12)N1CCC(Cc2noc(C3CCOCC3)n2)C1. The summed E-state index contributed by atoms with van der Waals surface area (Å²) < 4.78 is 10.9. The van der Waals surface area contributed by atoms with E-state index < -0.39 is 0 Å². The highest BCUT2D eigenvalue weighted by Gasteiger charge is 2.29. The van der Waals surface area contributed by atoms with Crippen molar-refractivity contribution in [3.8, 4) is 0 Å². The number of aromatic amines is 1. The van der Waals surface area contributed by atoms with Crippen LogP contribution in [0.5, 0.6) is 0 Å². The van der Waals surface area contributed by atoms with Crippen molar-refractivity contribution >= 4 is 16.8 Å². The van der Waals surface area contributed by atoms with Gasteiger partial charge >= 0.3 is 0 Å². The Morgan fingerprint density at radius 3 is 2.97 bits per heavy atom. The first kappa shape index (κ1) is 18.4. The zero-order chi connectivity index (χ0) is 19.6. The minimum Gasteiger partial charge on any atom is -0.381 e. The molecule has 3 aromatic rings. The van der Waals surface area contributed by atoms with Crippen molar-refractivity contribution in [2.75, 3.05) is 26.3 Å². The molecule has 2 aromatic heterocycles. The summed E-state index contributed by atoms with van der Waals surface area (Å²) in [5, 5.41) is 5.31. The van der Waals surface area contributed by atoms with Crippen LogP contribution in [0, 0.1) is 5.92 Å². The number of likely N-dealkylation sites (tertiary alicyclic amines) is 1. The van der Waals surface area contributed by atoms with E-state index in [1.165, 1.54) is 0 Å². The molecule has 2 aliphatic rings. The molecule has 1 atom stereocenters. The third kappa shape index (κ3) is 3.92. The number of carbonyl (C=O) groups excluding carboxylic acids is 1. The molecule has 1 amide bonds. The monoisotopic (exact) mass is 394 g/mol. The topological polar surface area (TPSA) is 84.2 Å². The molecule has 0 aliphatic carbocycles. The van der Waals surface area contributed by atoms with Gasteiger partial charge < -0.3 is 19.1 Å². The molecule has 7 heteroatoms. The van der Waals surface area contributed by atoms with Gasteiger partial charge in [-0.05, 0) is 36.8 Å². The minimum absolute atomic E-state index is 0.188. The molecule has 2 fully saturated rings. The largest absolute Gasteiger partial charge is 0.381 e. The number of fused-ring (bicyclic) bond motifs is 1. The van der Waals surface area contributed by atoms with Crippen LogP contribution in [0.2, 0.25) is 0 Å². The van der Waals surface area contributed by atoms with E-state index in [0.29, 0.717) is 18.3 Å². The number of carbonyl (C=O) groups is 1. The predicted octanol–water partition coefficient (Wildman–Crippen LogP) is 3.08. The Morgan fingerprint density at radius 1 is 1.21 bits per heavy atom. The van der Waals surface area contributed by atoms with E-state index in [9.17, 15) is 4.79 Å². The summed E-state index contributed by atoms with van der Waals surface area (Å²) in [5.74, 6) is 2.41. The lowest BCUT2D eigenvalue weighted by Crippen LogP contribution is -2.30. The first-order valence-corrected chi connectivity index (χ1v) is 10.5.